The molecule has 0 aliphatic rings. The summed E-state index contributed by atoms with van der Waals surface area (Å²) in [6.45, 7) is 7.04. The first-order chi connectivity index (χ1) is 8.63. The smallest absolute Gasteiger partial charge is 0.283 e. The van der Waals surface area contributed by atoms with Crippen molar-refractivity contribution in [3.63, 3.8) is 0 Å². The van der Waals surface area contributed by atoms with Gasteiger partial charge in [0.25, 0.3) is 5.56 Å². The van der Waals surface area contributed by atoms with Gasteiger partial charge in [-0.1, -0.05) is 27.2 Å². The summed E-state index contributed by atoms with van der Waals surface area (Å²) in [6, 6.07) is 0.383. The number of rotatable bonds is 7. The van der Waals surface area contributed by atoms with E-state index in [1.807, 2.05) is 0 Å². The van der Waals surface area contributed by atoms with Gasteiger partial charge in [-0.25, -0.2) is 4.68 Å². The van der Waals surface area contributed by atoms with Crippen LogP contribution >= 0.6 is 15.9 Å². The molecule has 1 rings (SSSR count). The molecule has 0 radical (unpaired) electrons. The molecule has 0 amide bonds. The van der Waals surface area contributed by atoms with Gasteiger partial charge in [0, 0.05) is 12.6 Å². The van der Waals surface area contributed by atoms with E-state index in [-0.39, 0.29) is 5.56 Å². The summed E-state index contributed by atoms with van der Waals surface area (Å²) in [5.41, 5.74) is 0.737. The first kappa shape index (κ1) is 15.2. The van der Waals surface area contributed by atoms with Crippen LogP contribution in [-0.4, -0.2) is 15.8 Å². The van der Waals surface area contributed by atoms with Crippen molar-refractivity contribution in [2.24, 2.45) is 0 Å². The largest absolute Gasteiger partial charge is 0.380 e. The van der Waals surface area contributed by atoms with E-state index in [1.54, 1.807) is 6.20 Å². The zero-order valence-corrected chi connectivity index (χ0v) is 13.0. The van der Waals surface area contributed by atoms with Gasteiger partial charge in [0.2, 0.25) is 0 Å². The average molecular weight is 316 g/mol. The molecule has 102 valence electrons. The number of anilines is 1. The highest BCUT2D eigenvalue weighted by Crippen LogP contribution is 2.18. The van der Waals surface area contributed by atoms with E-state index >= 15 is 0 Å². The maximum absolute atomic E-state index is 12.1. The molecule has 0 fully saturated rings. The van der Waals surface area contributed by atoms with Gasteiger partial charge in [-0.2, -0.15) is 5.10 Å². The van der Waals surface area contributed by atoms with E-state index in [4.69, 9.17) is 0 Å². The minimum atomic E-state index is -0.0561. The fraction of sp³-hybridized carbons (Fsp3) is 0.692. The molecular formula is C13H22BrN3O. The molecule has 0 atom stereocenters. The van der Waals surface area contributed by atoms with Gasteiger partial charge in [0.1, 0.15) is 4.47 Å². The van der Waals surface area contributed by atoms with Crippen LogP contribution < -0.4 is 10.9 Å². The van der Waals surface area contributed by atoms with Crippen LogP contribution in [0.3, 0.4) is 0 Å². The third kappa shape index (κ3) is 3.83. The summed E-state index contributed by atoms with van der Waals surface area (Å²) in [7, 11) is 0. The molecule has 0 unspecified atom stereocenters. The summed E-state index contributed by atoms with van der Waals surface area (Å²) in [5.74, 6) is 0. The molecule has 1 aromatic heterocycles. The molecule has 1 N–H and O–H groups in total. The second-order valence-corrected chi connectivity index (χ2v) is 5.20. The topological polar surface area (TPSA) is 46.9 Å². The molecule has 1 aromatic rings. The molecule has 0 aliphatic heterocycles. The fourth-order valence-corrected chi connectivity index (χ4v) is 2.17. The van der Waals surface area contributed by atoms with Crippen molar-refractivity contribution >= 4 is 21.6 Å². The van der Waals surface area contributed by atoms with Crippen molar-refractivity contribution in [3.8, 4) is 0 Å². The lowest BCUT2D eigenvalue weighted by Crippen LogP contribution is -2.26. The number of hydrogen-bond acceptors (Lipinski definition) is 3. The average Bonchev–Trinajstić information content (AvgIpc) is 2.39. The van der Waals surface area contributed by atoms with Gasteiger partial charge in [-0.05, 0) is 35.2 Å². The first-order valence-corrected chi connectivity index (χ1v) is 7.45. The Morgan fingerprint density at radius 1 is 1.39 bits per heavy atom. The van der Waals surface area contributed by atoms with Crippen LogP contribution in [0.25, 0.3) is 0 Å². The van der Waals surface area contributed by atoms with Crippen LogP contribution in [0.5, 0.6) is 0 Å². The number of halogens is 1. The SMILES string of the molecule is CCCCn1ncc(NC(CC)CC)c(Br)c1=O. The lowest BCUT2D eigenvalue weighted by Gasteiger charge is -2.17. The Hall–Kier alpha value is -0.840. The highest BCUT2D eigenvalue weighted by atomic mass is 79.9. The van der Waals surface area contributed by atoms with Crippen LogP contribution in [-0.2, 0) is 6.54 Å². The third-order valence-electron chi connectivity index (χ3n) is 3.05. The zero-order chi connectivity index (χ0) is 13.5. The minimum absolute atomic E-state index is 0.0561. The van der Waals surface area contributed by atoms with E-state index in [1.165, 1.54) is 4.68 Å². The minimum Gasteiger partial charge on any atom is -0.380 e. The van der Waals surface area contributed by atoms with Crippen molar-refractivity contribution in [2.75, 3.05) is 5.32 Å². The second kappa shape index (κ2) is 7.56. The van der Waals surface area contributed by atoms with Crippen molar-refractivity contribution in [1.29, 1.82) is 0 Å². The second-order valence-electron chi connectivity index (χ2n) is 4.41. The Morgan fingerprint density at radius 3 is 2.61 bits per heavy atom. The number of unbranched alkanes of at least 4 members (excludes halogenated alkanes) is 1. The van der Waals surface area contributed by atoms with Gasteiger partial charge >= 0.3 is 0 Å². The lowest BCUT2D eigenvalue weighted by atomic mass is 10.1. The normalized spacial score (nSPS) is 10.9. The van der Waals surface area contributed by atoms with Crippen LogP contribution in [0, 0.1) is 0 Å². The molecule has 5 heteroatoms. The van der Waals surface area contributed by atoms with Crippen LogP contribution in [0.4, 0.5) is 5.69 Å². The number of nitrogens with one attached hydrogen (secondary N) is 1. The number of nitrogens with zero attached hydrogens (tertiary/aromatic N) is 2. The molecule has 0 saturated heterocycles. The molecule has 0 aromatic carbocycles. The van der Waals surface area contributed by atoms with Crippen molar-refractivity contribution < 1.29 is 0 Å². The van der Waals surface area contributed by atoms with E-state index in [9.17, 15) is 4.79 Å². The molecule has 1 heterocycles. The Morgan fingerprint density at radius 2 is 2.06 bits per heavy atom. The van der Waals surface area contributed by atoms with Gasteiger partial charge in [0.15, 0.2) is 0 Å². The molecule has 4 nitrogen and oxygen atoms in total. The van der Waals surface area contributed by atoms with Gasteiger partial charge in [-0.15, -0.1) is 0 Å². The summed E-state index contributed by atoms with van der Waals surface area (Å²) >= 11 is 3.37. The Labute approximate surface area is 117 Å². The number of aryl methyl sites for hydroxylation is 1. The lowest BCUT2D eigenvalue weighted by molar-refractivity contribution is 0.540. The Bertz CT molecular complexity index is 427. The standard InChI is InChI=1S/C13H22BrN3O/c1-4-7-8-17-13(18)12(14)11(9-15-17)16-10(5-2)6-3/h9-10,16H,4-8H2,1-3H3. The summed E-state index contributed by atoms with van der Waals surface area (Å²) in [6.07, 6.45) is 5.82. The van der Waals surface area contributed by atoms with Crippen LogP contribution in [0.1, 0.15) is 46.5 Å². The predicted octanol–water partition coefficient (Wildman–Crippen LogP) is 3.41. The molecule has 0 spiro atoms. The Balaban J connectivity index is 2.90. The maximum atomic E-state index is 12.1. The summed E-state index contributed by atoms with van der Waals surface area (Å²) in [4.78, 5) is 12.1. The summed E-state index contributed by atoms with van der Waals surface area (Å²) < 4.78 is 2.10. The van der Waals surface area contributed by atoms with E-state index in [0.717, 1.165) is 31.4 Å². The predicted molar refractivity (Wildman–Crippen MR) is 79.1 cm³/mol. The van der Waals surface area contributed by atoms with Gasteiger partial charge in [0.05, 0.1) is 11.9 Å². The van der Waals surface area contributed by atoms with Crippen LogP contribution in [0.2, 0.25) is 0 Å². The highest BCUT2D eigenvalue weighted by molar-refractivity contribution is 9.10. The van der Waals surface area contributed by atoms with Gasteiger partial charge < -0.3 is 5.32 Å². The maximum Gasteiger partial charge on any atom is 0.283 e. The molecule has 0 saturated carbocycles. The van der Waals surface area contributed by atoms with Crippen molar-refractivity contribution in [1.82, 2.24) is 9.78 Å². The first-order valence-electron chi connectivity index (χ1n) is 6.66. The highest BCUT2D eigenvalue weighted by Gasteiger charge is 2.11. The molecular weight excluding hydrogens is 294 g/mol. The zero-order valence-electron chi connectivity index (χ0n) is 11.4. The fourth-order valence-electron chi connectivity index (χ4n) is 1.75. The number of hydrogen-bond donors (Lipinski definition) is 1. The third-order valence-corrected chi connectivity index (χ3v) is 3.82. The monoisotopic (exact) mass is 315 g/mol. The van der Waals surface area contributed by atoms with Crippen molar-refractivity contribution in [2.45, 2.75) is 59.0 Å². The van der Waals surface area contributed by atoms with Gasteiger partial charge in [-0.3, -0.25) is 4.79 Å². The van der Waals surface area contributed by atoms with E-state index in [2.05, 4.69) is 47.1 Å². The Kier molecular flexibility index (Phi) is 6.39. The molecule has 18 heavy (non-hydrogen) atoms. The molecule has 0 aliphatic carbocycles. The van der Waals surface area contributed by atoms with Crippen LogP contribution in [0.15, 0.2) is 15.5 Å². The summed E-state index contributed by atoms with van der Waals surface area (Å²) in [5, 5.41) is 7.56. The van der Waals surface area contributed by atoms with E-state index < -0.39 is 0 Å². The quantitative estimate of drug-likeness (QED) is 0.838. The number of aromatic nitrogens is 2. The van der Waals surface area contributed by atoms with Crippen molar-refractivity contribution in [3.05, 3.63) is 21.0 Å². The van der Waals surface area contributed by atoms with E-state index in [0.29, 0.717) is 17.1 Å². The molecule has 0 bridgehead atoms.